The van der Waals surface area contributed by atoms with Crippen LogP contribution < -0.4 is 4.74 Å². The van der Waals surface area contributed by atoms with Crippen LogP contribution in [-0.4, -0.2) is 12.4 Å². The van der Waals surface area contributed by atoms with Gasteiger partial charge >= 0.3 is 0 Å². The molecule has 1 aliphatic carbocycles. The molecule has 0 amide bonds. The lowest BCUT2D eigenvalue weighted by molar-refractivity contribution is 0.104. The van der Waals surface area contributed by atoms with Crippen molar-refractivity contribution in [2.45, 2.75) is 26.2 Å². The smallest absolute Gasteiger partial charge is 0.203 e. The first kappa shape index (κ1) is 12.4. The van der Waals surface area contributed by atoms with E-state index in [2.05, 4.69) is 6.07 Å². The second-order valence-corrected chi connectivity index (χ2v) is 5.84. The van der Waals surface area contributed by atoms with Crippen molar-refractivity contribution in [3.05, 3.63) is 51.2 Å². The largest absolute Gasteiger partial charge is 0.494 e. The zero-order valence-electron chi connectivity index (χ0n) is 10.9. The van der Waals surface area contributed by atoms with E-state index in [0.29, 0.717) is 12.2 Å². The highest BCUT2D eigenvalue weighted by Crippen LogP contribution is 2.32. The van der Waals surface area contributed by atoms with Crippen molar-refractivity contribution in [2.24, 2.45) is 0 Å². The molecular weight excluding hydrogens is 256 g/mol. The number of ether oxygens (including phenoxy) is 1. The number of thiophene rings is 1. The molecule has 0 N–H and O–H groups in total. The van der Waals surface area contributed by atoms with Crippen LogP contribution in [0.15, 0.2) is 30.3 Å². The lowest BCUT2D eigenvalue weighted by Gasteiger charge is -2.04. The van der Waals surface area contributed by atoms with Gasteiger partial charge in [-0.15, -0.1) is 11.3 Å². The molecular formula is C16H16O2S. The Bertz CT molecular complexity index is 591. The molecule has 1 aromatic carbocycles. The zero-order valence-corrected chi connectivity index (χ0v) is 11.8. The van der Waals surface area contributed by atoms with Gasteiger partial charge in [-0.05, 0) is 49.9 Å². The highest BCUT2D eigenvalue weighted by atomic mass is 32.1. The van der Waals surface area contributed by atoms with Crippen LogP contribution in [0.5, 0.6) is 5.75 Å². The summed E-state index contributed by atoms with van der Waals surface area (Å²) >= 11 is 1.65. The van der Waals surface area contributed by atoms with Crippen LogP contribution in [0.2, 0.25) is 0 Å². The van der Waals surface area contributed by atoms with Gasteiger partial charge in [0, 0.05) is 10.4 Å². The molecule has 0 saturated heterocycles. The molecule has 1 aliphatic rings. The third-order valence-corrected chi connectivity index (χ3v) is 4.61. The summed E-state index contributed by atoms with van der Waals surface area (Å²) in [5.74, 6) is 0.874. The standard InChI is InChI=1S/C16H16O2S/c1-2-18-13-7-3-6-12(9-13)16(17)15-10-11-5-4-8-14(11)19-15/h3,6-7,9-10H,2,4-5,8H2,1H3. The normalized spacial score (nSPS) is 13.3. The summed E-state index contributed by atoms with van der Waals surface area (Å²) in [7, 11) is 0. The van der Waals surface area contributed by atoms with Gasteiger partial charge in [-0.25, -0.2) is 0 Å². The fourth-order valence-corrected chi connectivity index (χ4v) is 3.69. The van der Waals surface area contributed by atoms with E-state index in [1.165, 1.54) is 16.9 Å². The number of carbonyl (C=O) groups excluding carboxylic acids is 1. The maximum atomic E-state index is 12.5. The van der Waals surface area contributed by atoms with E-state index in [9.17, 15) is 4.79 Å². The summed E-state index contributed by atoms with van der Waals surface area (Å²) in [4.78, 5) is 14.7. The predicted molar refractivity (Wildman–Crippen MR) is 77.4 cm³/mol. The number of fused-ring (bicyclic) bond motifs is 1. The van der Waals surface area contributed by atoms with E-state index in [1.807, 2.05) is 31.2 Å². The Hall–Kier alpha value is -1.61. The Balaban J connectivity index is 1.88. The SMILES string of the molecule is CCOc1cccc(C(=O)c2cc3c(s2)CCC3)c1. The zero-order chi connectivity index (χ0) is 13.2. The number of rotatable bonds is 4. The van der Waals surface area contributed by atoms with Crippen molar-refractivity contribution in [3.8, 4) is 5.75 Å². The molecule has 3 heteroatoms. The average molecular weight is 272 g/mol. The second-order valence-electron chi connectivity index (χ2n) is 4.70. The molecule has 1 heterocycles. The number of benzene rings is 1. The minimum absolute atomic E-state index is 0.112. The molecule has 98 valence electrons. The van der Waals surface area contributed by atoms with Crippen molar-refractivity contribution in [1.29, 1.82) is 0 Å². The lowest BCUT2D eigenvalue weighted by atomic mass is 10.1. The molecule has 0 radical (unpaired) electrons. The van der Waals surface area contributed by atoms with E-state index in [-0.39, 0.29) is 5.78 Å². The van der Waals surface area contributed by atoms with E-state index < -0.39 is 0 Å². The summed E-state index contributed by atoms with van der Waals surface area (Å²) in [6.45, 7) is 2.56. The molecule has 19 heavy (non-hydrogen) atoms. The Labute approximate surface area is 117 Å². The number of carbonyl (C=O) groups is 1. The van der Waals surface area contributed by atoms with E-state index in [1.54, 1.807) is 11.3 Å². The van der Waals surface area contributed by atoms with E-state index in [0.717, 1.165) is 23.5 Å². The van der Waals surface area contributed by atoms with Gasteiger partial charge in [-0.2, -0.15) is 0 Å². The maximum absolute atomic E-state index is 12.5. The second kappa shape index (κ2) is 5.17. The van der Waals surface area contributed by atoms with Crippen molar-refractivity contribution < 1.29 is 9.53 Å². The molecule has 2 nitrogen and oxygen atoms in total. The monoisotopic (exact) mass is 272 g/mol. The van der Waals surface area contributed by atoms with E-state index >= 15 is 0 Å². The molecule has 0 fully saturated rings. The number of ketones is 1. The fraction of sp³-hybridized carbons (Fsp3) is 0.312. The highest BCUT2D eigenvalue weighted by Gasteiger charge is 2.19. The van der Waals surface area contributed by atoms with Gasteiger partial charge in [-0.1, -0.05) is 12.1 Å². The summed E-state index contributed by atoms with van der Waals surface area (Å²) in [5, 5.41) is 0. The third kappa shape index (κ3) is 2.43. The Morgan fingerprint density at radius 3 is 3.00 bits per heavy atom. The Kier molecular flexibility index (Phi) is 3.38. The van der Waals surface area contributed by atoms with Crippen molar-refractivity contribution in [3.63, 3.8) is 0 Å². The maximum Gasteiger partial charge on any atom is 0.203 e. The molecule has 0 aliphatic heterocycles. The Morgan fingerprint density at radius 2 is 2.21 bits per heavy atom. The first-order valence-corrected chi connectivity index (χ1v) is 7.48. The molecule has 0 atom stereocenters. The topological polar surface area (TPSA) is 26.3 Å². The van der Waals surface area contributed by atoms with Crippen LogP contribution in [0.4, 0.5) is 0 Å². The van der Waals surface area contributed by atoms with Gasteiger partial charge in [0.25, 0.3) is 0 Å². The van der Waals surface area contributed by atoms with Crippen LogP contribution in [0, 0.1) is 0 Å². The lowest BCUT2D eigenvalue weighted by Crippen LogP contribution is -2.00. The molecule has 0 bridgehead atoms. The summed E-state index contributed by atoms with van der Waals surface area (Å²) < 4.78 is 5.45. The first-order valence-electron chi connectivity index (χ1n) is 6.67. The molecule has 1 aromatic heterocycles. The number of hydrogen-bond acceptors (Lipinski definition) is 3. The quantitative estimate of drug-likeness (QED) is 0.790. The van der Waals surface area contributed by atoms with Crippen LogP contribution in [0.25, 0.3) is 0 Å². The summed E-state index contributed by atoms with van der Waals surface area (Å²) in [6.07, 6.45) is 3.49. The van der Waals surface area contributed by atoms with Crippen LogP contribution >= 0.6 is 11.3 Å². The number of hydrogen-bond donors (Lipinski definition) is 0. The van der Waals surface area contributed by atoms with Crippen molar-refractivity contribution in [1.82, 2.24) is 0 Å². The minimum Gasteiger partial charge on any atom is -0.494 e. The van der Waals surface area contributed by atoms with Gasteiger partial charge in [0.15, 0.2) is 0 Å². The molecule has 2 aromatic rings. The van der Waals surface area contributed by atoms with Gasteiger partial charge in [0.1, 0.15) is 5.75 Å². The molecule has 0 saturated carbocycles. The predicted octanol–water partition coefficient (Wildman–Crippen LogP) is 3.87. The molecule has 3 rings (SSSR count). The molecule has 0 unspecified atom stereocenters. The average Bonchev–Trinajstić information content (AvgIpc) is 2.99. The van der Waals surface area contributed by atoms with Crippen molar-refractivity contribution >= 4 is 17.1 Å². The van der Waals surface area contributed by atoms with Gasteiger partial charge in [0.2, 0.25) is 5.78 Å². The van der Waals surface area contributed by atoms with Crippen LogP contribution in [-0.2, 0) is 12.8 Å². The Morgan fingerprint density at radius 1 is 1.32 bits per heavy atom. The molecule has 0 spiro atoms. The van der Waals surface area contributed by atoms with Gasteiger partial charge in [-0.3, -0.25) is 4.79 Å². The minimum atomic E-state index is 0.112. The first-order chi connectivity index (χ1) is 9.28. The highest BCUT2D eigenvalue weighted by molar-refractivity contribution is 7.14. The number of aryl methyl sites for hydroxylation is 2. The summed E-state index contributed by atoms with van der Waals surface area (Å²) in [5.41, 5.74) is 2.08. The van der Waals surface area contributed by atoms with Gasteiger partial charge in [0.05, 0.1) is 11.5 Å². The van der Waals surface area contributed by atoms with Gasteiger partial charge < -0.3 is 4.74 Å². The van der Waals surface area contributed by atoms with Crippen LogP contribution in [0.1, 0.15) is 39.0 Å². The fourth-order valence-electron chi connectivity index (χ4n) is 2.48. The summed E-state index contributed by atoms with van der Waals surface area (Å²) in [6, 6.07) is 9.52. The van der Waals surface area contributed by atoms with Crippen LogP contribution in [0.3, 0.4) is 0 Å². The van der Waals surface area contributed by atoms with Crippen molar-refractivity contribution in [2.75, 3.05) is 6.61 Å². The van der Waals surface area contributed by atoms with E-state index in [4.69, 9.17) is 4.74 Å². The third-order valence-electron chi connectivity index (χ3n) is 3.38.